The lowest BCUT2D eigenvalue weighted by Gasteiger charge is -2.02. The van der Waals surface area contributed by atoms with Crippen LogP contribution >= 0.6 is 0 Å². The van der Waals surface area contributed by atoms with Gasteiger partial charge in [0.2, 0.25) is 0 Å². The number of carbonyl (C=O) groups excluding carboxylic acids is 1. The summed E-state index contributed by atoms with van der Waals surface area (Å²) < 4.78 is 13.5. The molecule has 0 aliphatic rings. The van der Waals surface area contributed by atoms with Crippen molar-refractivity contribution in [2.24, 2.45) is 0 Å². The van der Waals surface area contributed by atoms with E-state index in [1.165, 1.54) is 12.1 Å². The number of aromatic amines is 1. The molecule has 1 aromatic carbocycles. The summed E-state index contributed by atoms with van der Waals surface area (Å²) in [6, 6.07) is 4.93. The molecule has 2 rings (SSSR count). The van der Waals surface area contributed by atoms with Gasteiger partial charge in [0.15, 0.2) is 5.78 Å². The molecule has 0 atom stereocenters. The van der Waals surface area contributed by atoms with Crippen LogP contribution in [0.3, 0.4) is 0 Å². The van der Waals surface area contributed by atoms with E-state index in [4.69, 9.17) is 0 Å². The lowest BCUT2D eigenvalue weighted by molar-refractivity contribution is 0.0964. The number of hydrogen-bond acceptors (Lipinski definition) is 4. The number of H-pyrrole nitrogens is 1. The molecule has 0 unspecified atom stereocenters. The molecule has 1 aromatic heterocycles. The van der Waals surface area contributed by atoms with Crippen LogP contribution < -0.4 is 11.2 Å². The molecule has 0 spiro atoms. The van der Waals surface area contributed by atoms with Crippen molar-refractivity contribution >= 4 is 5.78 Å². The van der Waals surface area contributed by atoms with Gasteiger partial charge in [0, 0.05) is 5.56 Å². The highest BCUT2D eigenvalue weighted by Crippen LogP contribution is 2.04. The van der Waals surface area contributed by atoms with Crippen molar-refractivity contribution in [2.75, 3.05) is 0 Å². The summed E-state index contributed by atoms with van der Waals surface area (Å²) in [5.74, 6) is -0.859. The van der Waals surface area contributed by atoms with Gasteiger partial charge in [-0.3, -0.25) is 14.6 Å². The number of benzene rings is 1. The van der Waals surface area contributed by atoms with Crippen LogP contribution in [0.25, 0.3) is 0 Å². The summed E-state index contributed by atoms with van der Waals surface area (Å²) in [6.45, 7) is -0.318. The fraction of sp³-hybridized carbons (Fsp3) is 0.0909. The second kappa shape index (κ2) is 4.74. The molecule has 7 heteroatoms. The predicted molar refractivity (Wildman–Crippen MR) is 59.8 cm³/mol. The number of nitrogens with one attached hydrogen (secondary N) is 1. The van der Waals surface area contributed by atoms with Crippen molar-refractivity contribution in [1.29, 1.82) is 0 Å². The molecule has 18 heavy (non-hydrogen) atoms. The fourth-order valence-corrected chi connectivity index (χ4v) is 1.35. The van der Waals surface area contributed by atoms with Gasteiger partial charge >= 0.3 is 5.69 Å². The second-order valence-electron chi connectivity index (χ2n) is 3.53. The first-order valence-electron chi connectivity index (χ1n) is 5.01. The van der Waals surface area contributed by atoms with Crippen LogP contribution in [0, 0.1) is 5.82 Å². The minimum atomic E-state index is -0.766. The molecule has 0 radical (unpaired) electrons. The van der Waals surface area contributed by atoms with E-state index in [2.05, 4.69) is 5.10 Å². The van der Waals surface area contributed by atoms with Gasteiger partial charge in [-0.15, -0.1) is 0 Å². The second-order valence-corrected chi connectivity index (χ2v) is 3.53. The standard InChI is InChI=1S/C11H8FN3O3/c12-8-3-1-7(2-4-8)9(16)6-15-11(18)14-10(17)5-13-15/h1-5H,6H2,(H,14,17,18). The molecule has 92 valence electrons. The van der Waals surface area contributed by atoms with E-state index in [9.17, 15) is 18.8 Å². The fourth-order valence-electron chi connectivity index (χ4n) is 1.35. The van der Waals surface area contributed by atoms with Gasteiger partial charge in [-0.2, -0.15) is 5.10 Å². The molecule has 0 aliphatic heterocycles. The quantitative estimate of drug-likeness (QED) is 0.773. The summed E-state index contributed by atoms with van der Waals surface area (Å²) >= 11 is 0. The minimum absolute atomic E-state index is 0.260. The van der Waals surface area contributed by atoms with Gasteiger partial charge in [-0.05, 0) is 24.3 Å². The van der Waals surface area contributed by atoms with Crippen molar-refractivity contribution in [3.8, 4) is 0 Å². The molecule has 0 aliphatic carbocycles. The van der Waals surface area contributed by atoms with Gasteiger partial charge in [0.05, 0.1) is 0 Å². The summed E-state index contributed by atoms with van der Waals surface area (Å²) in [4.78, 5) is 35.8. The van der Waals surface area contributed by atoms with Gasteiger partial charge in [-0.25, -0.2) is 13.9 Å². The smallest absolute Gasteiger partial charge is 0.292 e. The zero-order chi connectivity index (χ0) is 13.1. The molecule has 0 saturated heterocycles. The Labute approximate surface area is 99.7 Å². The maximum absolute atomic E-state index is 12.7. The molecular weight excluding hydrogens is 241 g/mol. The molecule has 2 aromatic rings. The SMILES string of the molecule is O=C(Cn1ncc(=O)[nH]c1=O)c1ccc(F)cc1. The van der Waals surface area contributed by atoms with E-state index in [1.807, 2.05) is 4.98 Å². The molecule has 6 nitrogen and oxygen atoms in total. The van der Waals surface area contributed by atoms with Crippen molar-refractivity contribution in [3.05, 3.63) is 62.7 Å². The number of carbonyl (C=O) groups is 1. The third kappa shape index (κ3) is 2.57. The van der Waals surface area contributed by atoms with E-state index < -0.39 is 22.8 Å². The van der Waals surface area contributed by atoms with Crippen LogP contribution in [-0.4, -0.2) is 20.5 Å². The zero-order valence-corrected chi connectivity index (χ0v) is 9.09. The van der Waals surface area contributed by atoms with E-state index in [-0.39, 0.29) is 12.1 Å². The first-order valence-corrected chi connectivity index (χ1v) is 5.01. The first-order chi connectivity index (χ1) is 8.56. The Kier molecular flexibility index (Phi) is 3.13. The van der Waals surface area contributed by atoms with Gasteiger partial charge in [0.25, 0.3) is 5.56 Å². The van der Waals surface area contributed by atoms with Crippen molar-refractivity contribution in [1.82, 2.24) is 14.8 Å². The number of halogens is 1. The van der Waals surface area contributed by atoms with Crippen LogP contribution in [0.1, 0.15) is 10.4 Å². The van der Waals surface area contributed by atoms with Gasteiger partial charge in [-0.1, -0.05) is 0 Å². The number of ketones is 1. The Morgan fingerprint density at radius 2 is 1.94 bits per heavy atom. The summed E-state index contributed by atoms with van der Waals surface area (Å²) in [6.07, 6.45) is 0.902. The Morgan fingerprint density at radius 1 is 1.28 bits per heavy atom. The van der Waals surface area contributed by atoms with Gasteiger partial charge in [0.1, 0.15) is 18.6 Å². The summed E-state index contributed by atoms with van der Waals surface area (Å²) in [5.41, 5.74) is -1.14. The summed E-state index contributed by atoms with van der Waals surface area (Å²) in [5, 5.41) is 3.53. The molecule has 0 saturated carbocycles. The third-order valence-corrected chi connectivity index (χ3v) is 2.24. The lowest BCUT2D eigenvalue weighted by Crippen LogP contribution is -2.33. The topological polar surface area (TPSA) is 84.8 Å². The molecule has 0 fully saturated rings. The molecule has 0 amide bonds. The van der Waals surface area contributed by atoms with E-state index in [0.717, 1.165) is 23.0 Å². The van der Waals surface area contributed by atoms with Crippen LogP contribution in [0.15, 0.2) is 40.1 Å². The van der Waals surface area contributed by atoms with Crippen molar-refractivity contribution in [3.63, 3.8) is 0 Å². The Bertz CT molecular complexity index is 688. The normalized spacial score (nSPS) is 10.3. The largest absolute Gasteiger partial charge is 0.345 e. The maximum atomic E-state index is 12.7. The molecular formula is C11H8FN3O3. The van der Waals surface area contributed by atoms with Crippen molar-refractivity contribution in [2.45, 2.75) is 6.54 Å². The van der Waals surface area contributed by atoms with Crippen molar-refractivity contribution < 1.29 is 9.18 Å². The Hall–Kier alpha value is -2.57. The van der Waals surface area contributed by atoms with E-state index in [0.29, 0.717) is 0 Å². The lowest BCUT2D eigenvalue weighted by atomic mass is 10.1. The first kappa shape index (κ1) is 11.9. The minimum Gasteiger partial charge on any atom is -0.292 e. The monoisotopic (exact) mass is 249 g/mol. The highest BCUT2D eigenvalue weighted by atomic mass is 19.1. The molecule has 1 heterocycles. The molecule has 0 bridgehead atoms. The maximum Gasteiger partial charge on any atom is 0.345 e. The van der Waals surface area contributed by atoms with Crippen LogP contribution in [0.5, 0.6) is 0 Å². The van der Waals surface area contributed by atoms with Crippen LogP contribution in [0.4, 0.5) is 4.39 Å². The van der Waals surface area contributed by atoms with E-state index in [1.54, 1.807) is 0 Å². The average Bonchev–Trinajstić information content (AvgIpc) is 2.33. The van der Waals surface area contributed by atoms with E-state index >= 15 is 0 Å². The van der Waals surface area contributed by atoms with Crippen LogP contribution in [-0.2, 0) is 6.54 Å². The number of rotatable bonds is 3. The number of Topliss-reactive ketones (excluding diaryl/α,β-unsaturated/α-hetero) is 1. The predicted octanol–water partition coefficient (Wildman–Crippen LogP) is -0.0464. The number of nitrogens with zero attached hydrogens (tertiary/aromatic N) is 2. The Balaban J connectivity index is 2.24. The number of aromatic nitrogens is 3. The summed E-state index contributed by atoms with van der Waals surface area (Å²) in [7, 11) is 0. The molecule has 1 N–H and O–H groups in total. The third-order valence-electron chi connectivity index (χ3n) is 2.24. The van der Waals surface area contributed by atoms with Gasteiger partial charge < -0.3 is 0 Å². The highest BCUT2D eigenvalue weighted by Gasteiger charge is 2.09. The Morgan fingerprint density at radius 3 is 2.56 bits per heavy atom. The zero-order valence-electron chi connectivity index (χ0n) is 9.09. The number of hydrogen-bond donors (Lipinski definition) is 1. The highest BCUT2D eigenvalue weighted by molar-refractivity contribution is 5.95. The van der Waals surface area contributed by atoms with Crippen LogP contribution in [0.2, 0.25) is 0 Å². The average molecular weight is 249 g/mol.